The van der Waals surface area contributed by atoms with Crippen molar-refractivity contribution in [2.75, 3.05) is 13.6 Å². The summed E-state index contributed by atoms with van der Waals surface area (Å²) in [5.74, 6) is 1.87. The second-order valence-electron chi connectivity index (χ2n) is 5.83. The van der Waals surface area contributed by atoms with Crippen LogP contribution in [0.5, 0.6) is 0 Å². The molecule has 0 bridgehead atoms. The molecule has 1 aromatic heterocycles. The number of guanidine groups is 1. The summed E-state index contributed by atoms with van der Waals surface area (Å²) in [7, 11) is 1.74. The highest BCUT2D eigenvalue weighted by Crippen LogP contribution is 2.32. The maximum absolute atomic E-state index is 5.08. The second kappa shape index (κ2) is 8.53. The summed E-state index contributed by atoms with van der Waals surface area (Å²) in [6.07, 6.45) is 0. The van der Waals surface area contributed by atoms with Crippen LogP contribution in [0.1, 0.15) is 25.6 Å². The second-order valence-corrected chi connectivity index (χ2v) is 8.53. The summed E-state index contributed by atoms with van der Waals surface area (Å²) < 4.78 is 6.17. The summed E-state index contributed by atoms with van der Waals surface area (Å²) in [5, 5.41) is 10.3. The lowest BCUT2D eigenvalue weighted by atomic mass is 10.2. The predicted octanol–water partition coefficient (Wildman–Crippen LogP) is 3.38. The Kier molecular flexibility index (Phi) is 6.68. The highest BCUT2D eigenvalue weighted by atomic mass is 79.9. The van der Waals surface area contributed by atoms with Crippen LogP contribution in [0.25, 0.3) is 0 Å². The van der Waals surface area contributed by atoms with Crippen molar-refractivity contribution in [2.45, 2.75) is 37.0 Å². The smallest absolute Gasteiger partial charge is 0.246 e. The van der Waals surface area contributed by atoms with Gasteiger partial charge in [0.2, 0.25) is 5.89 Å². The molecule has 1 aromatic carbocycles. The van der Waals surface area contributed by atoms with Crippen molar-refractivity contribution >= 4 is 33.7 Å². The zero-order valence-corrected chi connectivity index (χ0v) is 16.7. The van der Waals surface area contributed by atoms with Gasteiger partial charge in [0.05, 0.1) is 6.54 Å². The van der Waals surface area contributed by atoms with Crippen LogP contribution < -0.4 is 10.6 Å². The fraction of sp³-hybridized carbons (Fsp3) is 0.438. The molecule has 1 heterocycles. The van der Waals surface area contributed by atoms with E-state index in [1.165, 1.54) is 4.90 Å². The van der Waals surface area contributed by atoms with Crippen LogP contribution in [0.4, 0.5) is 0 Å². The van der Waals surface area contributed by atoms with Crippen molar-refractivity contribution in [3.05, 3.63) is 40.5 Å². The van der Waals surface area contributed by atoms with Gasteiger partial charge < -0.3 is 15.2 Å². The number of rotatable bonds is 6. The van der Waals surface area contributed by atoms with E-state index in [1.807, 2.05) is 11.8 Å². The summed E-state index contributed by atoms with van der Waals surface area (Å²) in [6.45, 7) is 7.39. The largest absolute Gasteiger partial charge is 0.355 e. The molecule has 0 unspecified atom stereocenters. The van der Waals surface area contributed by atoms with Crippen LogP contribution in [0.2, 0.25) is 0 Å². The first-order valence-corrected chi connectivity index (χ1v) is 9.17. The molecule has 0 amide bonds. The number of hydrogen-bond donors (Lipinski definition) is 2. The summed E-state index contributed by atoms with van der Waals surface area (Å²) in [4.78, 5) is 9.61. The lowest BCUT2D eigenvalue weighted by Gasteiger charge is -2.25. The maximum atomic E-state index is 5.08. The van der Waals surface area contributed by atoms with E-state index in [2.05, 4.69) is 79.8 Å². The van der Waals surface area contributed by atoms with E-state index >= 15 is 0 Å². The van der Waals surface area contributed by atoms with Crippen LogP contribution >= 0.6 is 27.7 Å². The molecule has 6 nitrogen and oxygen atoms in total. The Labute approximate surface area is 155 Å². The Bertz CT molecular complexity index is 684. The van der Waals surface area contributed by atoms with Gasteiger partial charge in [0.25, 0.3) is 0 Å². The number of hydrogen-bond acceptors (Lipinski definition) is 5. The first-order valence-electron chi connectivity index (χ1n) is 7.56. The van der Waals surface area contributed by atoms with Crippen molar-refractivity contribution in [3.63, 3.8) is 0 Å². The van der Waals surface area contributed by atoms with Gasteiger partial charge in [-0.2, -0.15) is 4.98 Å². The minimum atomic E-state index is 0.00647. The normalized spacial score (nSPS) is 12.3. The van der Waals surface area contributed by atoms with Crippen LogP contribution in [-0.2, 0) is 6.54 Å². The van der Waals surface area contributed by atoms with E-state index in [0.29, 0.717) is 24.2 Å². The number of thioether (sulfide) groups is 1. The van der Waals surface area contributed by atoms with Gasteiger partial charge in [-0.25, -0.2) is 0 Å². The quantitative estimate of drug-likeness (QED) is 0.431. The molecule has 24 heavy (non-hydrogen) atoms. The summed E-state index contributed by atoms with van der Waals surface area (Å²) >= 11 is 5.28. The minimum absolute atomic E-state index is 0.00647. The molecule has 0 fully saturated rings. The fourth-order valence-electron chi connectivity index (χ4n) is 1.95. The zero-order chi connectivity index (χ0) is 17.6. The Morgan fingerprint density at radius 1 is 1.29 bits per heavy atom. The van der Waals surface area contributed by atoms with Crippen LogP contribution in [0.15, 0.2) is 43.1 Å². The highest BCUT2D eigenvalue weighted by Gasteiger charge is 2.20. The Hall–Kier alpha value is -1.54. The summed E-state index contributed by atoms with van der Waals surface area (Å²) in [6, 6.07) is 8.33. The molecular formula is C16H22BrN5OS. The molecule has 0 aliphatic heterocycles. The van der Waals surface area contributed by atoms with E-state index in [9.17, 15) is 0 Å². The third kappa shape index (κ3) is 6.16. The highest BCUT2D eigenvalue weighted by molar-refractivity contribution is 9.10. The Balaban J connectivity index is 1.83. The van der Waals surface area contributed by atoms with E-state index in [4.69, 9.17) is 4.52 Å². The van der Waals surface area contributed by atoms with Crippen molar-refractivity contribution < 1.29 is 4.52 Å². The van der Waals surface area contributed by atoms with Gasteiger partial charge >= 0.3 is 0 Å². The number of nitrogens with zero attached hydrogens (tertiary/aromatic N) is 3. The Morgan fingerprint density at radius 2 is 2.00 bits per heavy atom. The average molecular weight is 412 g/mol. The number of halogens is 1. The van der Waals surface area contributed by atoms with Crippen LogP contribution in [-0.4, -0.2) is 34.4 Å². The third-order valence-electron chi connectivity index (χ3n) is 3.09. The number of aryl methyl sites for hydroxylation is 1. The SMILES string of the molecule is CN=C(NCc1nc(C)no1)NCC(C)(C)Sc1ccc(Br)cc1. The fourth-order valence-corrected chi connectivity index (χ4v) is 3.27. The molecule has 8 heteroatoms. The molecule has 0 spiro atoms. The minimum Gasteiger partial charge on any atom is -0.355 e. The van der Waals surface area contributed by atoms with Crippen molar-refractivity contribution in [1.82, 2.24) is 20.8 Å². The maximum Gasteiger partial charge on any atom is 0.246 e. The van der Waals surface area contributed by atoms with Gasteiger partial charge in [0.1, 0.15) is 0 Å². The van der Waals surface area contributed by atoms with E-state index in [1.54, 1.807) is 14.0 Å². The predicted molar refractivity (Wildman–Crippen MR) is 101 cm³/mol. The van der Waals surface area contributed by atoms with E-state index in [-0.39, 0.29) is 4.75 Å². The average Bonchev–Trinajstić information content (AvgIpc) is 2.95. The van der Waals surface area contributed by atoms with Crippen molar-refractivity contribution in [1.29, 1.82) is 0 Å². The standard InChI is InChI=1S/C16H22BrN5OS/c1-11-21-14(23-22-11)9-19-15(18-4)20-10-16(2,3)24-13-7-5-12(17)6-8-13/h5-8H,9-10H2,1-4H3,(H2,18,19,20). The van der Waals surface area contributed by atoms with Gasteiger partial charge in [0, 0.05) is 27.7 Å². The van der Waals surface area contributed by atoms with Crippen LogP contribution in [0.3, 0.4) is 0 Å². The van der Waals surface area contributed by atoms with Gasteiger partial charge in [-0.15, -0.1) is 11.8 Å². The molecule has 0 aliphatic rings. The first-order chi connectivity index (χ1) is 11.4. The van der Waals surface area contributed by atoms with Gasteiger partial charge in [-0.3, -0.25) is 4.99 Å². The van der Waals surface area contributed by atoms with Crippen molar-refractivity contribution in [3.8, 4) is 0 Å². The number of aliphatic imine (C=N–C) groups is 1. The lowest BCUT2D eigenvalue weighted by molar-refractivity contribution is 0.371. The molecule has 2 N–H and O–H groups in total. The van der Waals surface area contributed by atoms with Crippen molar-refractivity contribution in [2.24, 2.45) is 4.99 Å². The molecule has 0 saturated heterocycles. The molecule has 0 aliphatic carbocycles. The number of nitrogens with one attached hydrogen (secondary N) is 2. The zero-order valence-electron chi connectivity index (χ0n) is 14.3. The molecule has 130 valence electrons. The van der Waals surface area contributed by atoms with E-state index in [0.717, 1.165) is 11.0 Å². The third-order valence-corrected chi connectivity index (χ3v) is 4.82. The lowest BCUT2D eigenvalue weighted by Crippen LogP contribution is -2.43. The molecule has 2 aromatic rings. The number of aromatic nitrogens is 2. The van der Waals surface area contributed by atoms with Gasteiger partial charge in [0.15, 0.2) is 11.8 Å². The van der Waals surface area contributed by atoms with E-state index < -0.39 is 0 Å². The molecule has 0 radical (unpaired) electrons. The molecule has 0 saturated carbocycles. The first kappa shape index (κ1) is 18.8. The molecule has 2 rings (SSSR count). The van der Waals surface area contributed by atoms with Gasteiger partial charge in [-0.1, -0.05) is 21.1 Å². The summed E-state index contributed by atoms with van der Waals surface area (Å²) in [5.41, 5.74) is 0. The Morgan fingerprint density at radius 3 is 2.58 bits per heavy atom. The molecule has 0 atom stereocenters. The molecular weight excluding hydrogens is 390 g/mol. The van der Waals surface area contributed by atoms with Gasteiger partial charge in [-0.05, 0) is 45.0 Å². The number of benzene rings is 1. The van der Waals surface area contributed by atoms with Crippen LogP contribution in [0, 0.1) is 6.92 Å². The topological polar surface area (TPSA) is 75.3 Å². The monoisotopic (exact) mass is 411 g/mol.